The van der Waals surface area contributed by atoms with E-state index in [1.165, 1.54) is 6.33 Å². The monoisotopic (exact) mass is 207 g/mol. The van der Waals surface area contributed by atoms with Gasteiger partial charge >= 0.3 is 0 Å². The minimum atomic E-state index is 0.246. The van der Waals surface area contributed by atoms with E-state index in [1.54, 1.807) is 6.20 Å². The first-order chi connectivity index (χ1) is 7.36. The van der Waals surface area contributed by atoms with Crippen LogP contribution in [0.5, 0.6) is 0 Å². The second-order valence-corrected chi connectivity index (χ2v) is 3.27. The standard InChI is InChI=1S/C9H13N5O/c1-7(8-2-5-12-14-8)10-4-3-9-11-6-13-15-9/h2,5-7,10H,3-4H2,1H3,(H,12,14). The number of aromatic nitrogens is 4. The SMILES string of the molecule is CC(NCCc1ncno1)c1ccn[nH]1. The molecule has 0 spiro atoms. The Labute approximate surface area is 87.1 Å². The van der Waals surface area contributed by atoms with E-state index in [-0.39, 0.29) is 6.04 Å². The van der Waals surface area contributed by atoms with Gasteiger partial charge in [0.15, 0.2) is 6.33 Å². The largest absolute Gasteiger partial charge is 0.340 e. The van der Waals surface area contributed by atoms with Gasteiger partial charge in [0.1, 0.15) is 0 Å². The number of aromatic amines is 1. The minimum Gasteiger partial charge on any atom is -0.340 e. The summed E-state index contributed by atoms with van der Waals surface area (Å²) in [5.41, 5.74) is 1.07. The summed E-state index contributed by atoms with van der Waals surface area (Å²) in [7, 11) is 0. The number of hydrogen-bond donors (Lipinski definition) is 2. The first kappa shape index (κ1) is 9.85. The highest BCUT2D eigenvalue weighted by Gasteiger charge is 2.06. The third kappa shape index (κ3) is 2.63. The molecule has 2 heterocycles. The smallest absolute Gasteiger partial charge is 0.227 e. The fourth-order valence-electron chi connectivity index (χ4n) is 1.32. The van der Waals surface area contributed by atoms with Gasteiger partial charge in [0, 0.05) is 25.2 Å². The van der Waals surface area contributed by atoms with Gasteiger partial charge in [-0.25, -0.2) is 0 Å². The zero-order valence-electron chi connectivity index (χ0n) is 8.47. The van der Waals surface area contributed by atoms with Gasteiger partial charge in [0.25, 0.3) is 0 Å². The molecule has 0 radical (unpaired) electrons. The Bertz CT molecular complexity index is 369. The number of rotatable bonds is 5. The number of nitrogens with one attached hydrogen (secondary N) is 2. The maximum Gasteiger partial charge on any atom is 0.227 e. The van der Waals surface area contributed by atoms with Crippen LogP contribution in [0.3, 0.4) is 0 Å². The van der Waals surface area contributed by atoms with Gasteiger partial charge in [0.05, 0.1) is 5.69 Å². The molecule has 15 heavy (non-hydrogen) atoms. The van der Waals surface area contributed by atoms with Crippen LogP contribution in [-0.4, -0.2) is 26.9 Å². The van der Waals surface area contributed by atoms with E-state index in [2.05, 4.69) is 32.6 Å². The van der Waals surface area contributed by atoms with Crippen molar-refractivity contribution in [2.24, 2.45) is 0 Å². The topological polar surface area (TPSA) is 79.6 Å². The lowest BCUT2D eigenvalue weighted by Crippen LogP contribution is -2.21. The first-order valence-electron chi connectivity index (χ1n) is 4.84. The first-order valence-corrected chi connectivity index (χ1v) is 4.84. The second kappa shape index (κ2) is 4.70. The zero-order valence-corrected chi connectivity index (χ0v) is 8.47. The van der Waals surface area contributed by atoms with Crippen LogP contribution in [0.2, 0.25) is 0 Å². The normalized spacial score (nSPS) is 12.9. The van der Waals surface area contributed by atoms with Crippen LogP contribution in [0.4, 0.5) is 0 Å². The van der Waals surface area contributed by atoms with Gasteiger partial charge in [0.2, 0.25) is 5.89 Å². The summed E-state index contributed by atoms with van der Waals surface area (Å²) in [6.45, 7) is 2.86. The van der Waals surface area contributed by atoms with Crippen LogP contribution >= 0.6 is 0 Å². The van der Waals surface area contributed by atoms with Gasteiger partial charge in [-0.3, -0.25) is 5.10 Å². The highest BCUT2D eigenvalue weighted by Crippen LogP contribution is 2.06. The van der Waals surface area contributed by atoms with Crippen molar-refractivity contribution in [1.82, 2.24) is 25.7 Å². The molecule has 0 aliphatic heterocycles. The molecule has 2 aromatic rings. The van der Waals surface area contributed by atoms with E-state index in [0.29, 0.717) is 5.89 Å². The van der Waals surface area contributed by atoms with E-state index < -0.39 is 0 Å². The number of H-pyrrole nitrogens is 1. The number of hydrogen-bond acceptors (Lipinski definition) is 5. The van der Waals surface area contributed by atoms with E-state index in [9.17, 15) is 0 Å². The molecule has 1 atom stereocenters. The van der Waals surface area contributed by atoms with Gasteiger partial charge in [-0.1, -0.05) is 5.16 Å². The molecular formula is C9H13N5O. The molecule has 0 amide bonds. The van der Waals surface area contributed by atoms with Crippen LogP contribution < -0.4 is 5.32 Å². The van der Waals surface area contributed by atoms with E-state index in [0.717, 1.165) is 18.7 Å². The maximum absolute atomic E-state index is 4.88. The van der Waals surface area contributed by atoms with Crippen molar-refractivity contribution in [2.45, 2.75) is 19.4 Å². The quantitative estimate of drug-likeness (QED) is 0.753. The molecule has 6 heteroatoms. The van der Waals surface area contributed by atoms with Crippen LogP contribution in [0.1, 0.15) is 24.6 Å². The van der Waals surface area contributed by atoms with Gasteiger partial charge in [-0.2, -0.15) is 10.1 Å². The molecule has 0 saturated heterocycles. The van der Waals surface area contributed by atoms with Crippen molar-refractivity contribution in [3.05, 3.63) is 30.2 Å². The Morgan fingerprint density at radius 1 is 1.60 bits per heavy atom. The third-order valence-corrected chi connectivity index (χ3v) is 2.19. The molecule has 2 rings (SSSR count). The highest BCUT2D eigenvalue weighted by atomic mass is 16.5. The fraction of sp³-hybridized carbons (Fsp3) is 0.444. The van der Waals surface area contributed by atoms with Crippen LogP contribution in [0.25, 0.3) is 0 Å². The summed E-state index contributed by atoms with van der Waals surface area (Å²) in [5, 5.41) is 13.7. The van der Waals surface area contributed by atoms with Crippen LogP contribution in [0.15, 0.2) is 23.1 Å². The Balaban J connectivity index is 1.74. The Morgan fingerprint density at radius 3 is 3.20 bits per heavy atom. The molecule has 6 nitrogen and oxygen atoms in total. The second-order valence-electron chi connectivity index (χ2n) is 3.27. The maximum atomic E-state index is 4.88. The molecule has 0 aliphatic carbocycles. The van der Waals surface area contributed by atoms with Crippen LogP contribution in [0, 0.1) is 0 Å². The molecule has 0 saturated carbocycles. The summed E-state index contributed by atoms with van der Waals surface area (Å²) >= 11 is 0. The fourth-order valence-corrected chi connectivity index (χ4v) is 1.32. The van der Waals surface area contributed by atoms with Gasteiger partial charge in [-0.05, 0) is 13.0 Å². The van der Waals surface area contributed by atoms with Crippen molar-refractivity contribution in [1.29, 1.82) is 0 Å². The van der Waals surface area contributed by atoms with E-state index in [1.807, 2.05) is 6.07 Å². The van der Waals surface area contributed by atoms with Crippen molar-refractivity contribution in [2.75, 3.05) is 6.54 Å². The molecule has 0 aliphatic rings. The molecule has 2 aromatic heterocycles. The Hall–Kier alpha value is -1.69. The minimum absolute atomic E-state index is 0.246. The number of nitrogens with zero attached hydrogens (tertiary/aromatic N) is 3. The molecule has 0 aromatic carbocycles. The summed E-state index contributed by atoms with van der Waals surface area (Å²) in [6, 6.07) is 2.19. The van der Waals surface area contributed by atoms with Gasteiger partial charge in [-0.15, -0.1) is 0 Å². The molecule has 0 bridgehead atoms. The van der Waals surface area contributed by atoms with Crippen molar-refractivity contribution >= 4 is 0 Å². The molecule has 2 N–H and O–H groups in total. The predicted molar refractivity (Wildman–Crippen MR) is 53.0 cm³/mol. The average molecular weight is 207 g/mol. The Morgan fingerprint density at radius 2 is 2.53 bits per heavy atom. The average Bonchev–Trinajstić information content (AvgIpc) is 2.90. The predicted octanol–water partition coefficient (Wildman–Crippen LogP) is 0.686. The molecular weight excluding hydrogens is 194 g/mol. The van der Waals surface area contributed by atoms with E-state index in [4.69, 9.17) is 4.52 Å². The summed E-state index contributed by atoms with van der Waals surface area (Å²) in [6.07, 6.45) is 3.89. The molecule has 80 valence electrons. The molecule has 0 fully saturated rings. The summed E-state index contributed by atoms with van der Waals surface area (Å²) < 4.78 is 4.88. The van der Waals surface area contributed by atoms with Crippen molar-refractivity contribution in [3.63, 3.8) is 0 Å². The highest BCUT2D eigenvalue weighted by molar-refractivity contribution is 5.02. The molecule has 1 unspecified atom stereocenters. The lowest BCUT2D eigenvalue weighted by Gasteiger charge is -2.10. The zero-order chi connectivity index (χ0) is 10.5. The summed E-state index contributed by atoms with van der Waals surface area (Å²) in [5.74, 6) is 0.652. The van der Waals surface area contributed by atoms with Gasteiger partial charge < -0.3 is 9.84 Å². The lowest BCUT2D eigenvalue weighted by molar-refractivity contribution is 0.372. The van der Waals surface area contributed by atoms with Crippen molar-refractivity contribution in [3.8, 4) is 0 Å². The van der Waals surface area contributed by atoms with Crippen LogP contribution in [-0.2, 0) is 6.42 Å². The summed E-state index contributed by atoms with van der Waals surface area (Å²) in [4.78, 5) is 3.94. The lowest BCUT2D eigenvalue weighted by atomic mass is 10.2. The third-order valence-electron chi connectivity index (χ3n) is 2.19. The Kier molecular flexibility index (Phi) is 3.08. The van der Waals surface area contributed by atoms with E-state index >= 15 is 0 Å². The van der Waals surface area contributed by atoms with Crippen molar-refractivity contribution < 1.29 is 4.52 Å².